The molecule has 0 radical (unpaired) electrons. The standard InChI is InChI=1S/C21H29NO3/c1-12(23)25-14-6-8-20(2)13(10-14)11-17(24)19-15-4-5-18(22)21(15,3)9-7-16(19)20/h11,14-16,19,22H,4-10H2,1-3H3/t14-,15?,16?,19?,20-,21-/m0/s1. The zero-order valence-electron chi connectivity index (χ0n) is 15.6. The van der Waals surface area contributed by atoms with Crippen molar-refractivity contribution in [3.05, 3.63) is 11.6 Å². The van der Waals surface area contributed by atoms with E-state index in [1.807, 2.05) is 6.08 Å². The fourth-order valence-corrected chi connectivity index (χ4v) is 6.52. The lowest BCUT2D eigenvalue weighted by Gasteiger charge is -2.56. The molecule has 3 saturated carbocycles. The summed E-state index contributed by atoms with van der Waals surface area (Å²) in [5.41, 5.74) is 2.06. The first-order valence-electron chi connectivity index (χ1n) is 9.76. The van der Waals surface area contributed by atoms with E-state index in [1.54, 1.807) is 0 Å². The molecule has 1 N–H and O–H groups in total. The number of ketones is 1. The molecule has 4 rings (SSSR count). The van der Waals surface area contributed by atoms with Gasteiger partial charge < -0.3 is 10.1 Å². The SMILES string of the molecule is CC(=O)O[C@H]1CC[C@@]2(C)C(=CC(=O)C3C2CC[C@]2(C)C(=N)CCC32)C1. The number of esters is 1. The maximum Gasteiger partial charge on any atom is 0.302 e. The summed E-state index contributed by atoms with van der Waals surface area (Å²) >= 11 is 0. The van der Waals surface area contributed by atoms with Crippen LogP contribution in [0.15, 0.2) is 11.6 Å². The molecule has 4 aliphatic rings. The Morgan fingerprint density at radius 2 is 1.84 bits per heavy atom. The van der Waals surface area contributed by atoms with Crippen molar-refractivity contribution in [2.75, 3.05) is 0 Å². The van der Waals surface area contributed by atoms with E-state index in [0.717, 1.165) is 44.2 Å². The molecule has 25 heavy (non-hydrogen) atoms. The summed E-state index contributed by atoms with van der Waals surface area (Å²) in [6, 6.07) is 0. The summed E-state index contributed by atoms with van der Waals surface area (Å²) in [6.07, 6.45) is 8.35. The molecule has 3 fully saturated rings. The van der Waals surface area contributed by atoms with Crippen molar-refractivity contribution in [1.29, 1.82) is 5.41 Å². The second kappa shape index (κ2) is 5.52. The molecule has 0 bridgehead atoms. The molecule has 0 aromatic carbocycles. The maximum atomic E-state index is 13.1. The highest BCUT2D eigenvalue weighted by Gasteiger charge is 2.60. The van der Waals surface area contributed by atoms with Gasteiger partial charge in [-0.05, 0) is 61.9 Å². The predicted octanol–water partition coefficient (Wildman–Crippen LogP) is 4.08. The molecule has 4 heteroatoms. The number of hydrogen-bond acceptors (Lipinski definition) is 4. The first-order chi connectivity index (χ1) is 11.8. The lowest BCUT2D eigenvalue weighted by atomic mass is 9.47. The van der Waals surface area contributed by atoms with Gasteiger partial charge in [0.05, 0.1) is 0 Å². The molecule has 0 aromatic rings. The third-order valence-corrected chi connectivity index (χ3v) is 8.02. The fourth-order valence-electron chi connectivity index (χ4n) is 6.52. The van der Waals surface area contributed by atoms with E-state index in [1.165, 1.54) is 12.5 Å². The van der Waals surface area contributed by atoms with Gasteiger partial charge in [-0.25, -0.2) is 0 Å². The lowest BCUT2D eigenvalue weighted by molar-refractivity contribution is -0.148. The predicted molar refractivity (Wildman–Crippen MR) is 95.4 cm³/mol. The quantitative estimate of drug-likeness (QED) is 0.730. The molecule has 6 atom stereocenters. The third-order valence-electron chi connectivity index (χ3n) is 8.02. The molecule has 0 heterocycles. The van der Waals surface area contributed by atoms with Crippen LogP contribution in [0.1, 0.15) is 65.7 Å². The van der Waals surface area contributed by atoms with Crippen molar-refractivity contribution in [2.45, 2.75) is 71.8 Å². The van der Waals surface area contributed by atoms with Gasteiger partial charge in [0.2, 0.25) is 0 Å². The average molecular weight is 343 g/mol. The summed E-state index contributed by atoms with van der Waals surface area (Å²) in [5.74, 6) is 0.855. The van der Waals surface area contributed by atoms with Crippen LogP contribution in [0.3, 0.4) is 0 Å². The van der Waals surface area contributed by atoms with Crippen LogP contribution in [0, 0.1) is 34.0 Å². The van der Waals surface area contributed by atoms with Gasteiger partial charge in [0.15, 0.2) is 5.78 Å². The van der Waals surface area contributed by atoms with Gasteiger partial charge in [0.25, 0.3) is 0 Å². The van der Waals surface area contributed by atoms with Crippen LogP contribution in [0.2, 0.25) is 0 Å². The van der Waals surface area contributed by atoms with Crippen LogP contribution in [-0.4, -0.2) is 23.6 Å². The number of fused-ring (bicyclic) bond motifs is 5. The summed E-state index contributed by atoms with van der Waals surface area (Å²) in [5, 5.41) is 8.39. The summed E-state index contributed by atoms with van der Waals surface area (Å²) in [4.78, 5) is 24.4. The van der Waals surface area contributed by atoms with E-state index in [-0.39, 0.29) is 34.6 Å². The van der Waals surface area contributed by atoms with E-state index in [4.69, 9.17) is 10.1 Å². The Morgan fingerprint density at radius 1 is 1.16 bits per heavy atom. The number of hydrogen-bond donors (Lipinski definition) is 1. The minimum absolute atomic E-state index is 0.0569. The number of ether oxygens (including phenoxy) is 1. The second-order valence-electron chi connectivity index (χ2n) is 9.18. The number of nitrogens with one attached hydrogen (secondary N) is 1. The molecule has 0 aliphatic heterocycles. The minimum Gasteiger partial charge on any atom is -0.462 e. The van der Waals surface area contributed by atoms with Gasteiger partial charge in [0, 0.05) is 30.4 Å². The summed E-state index contributed by atoms with van der Waals surface area (Å²) in [6.45, 7) is 6.01. The zero-order valence-corrected chi connectivity index (χ0v) is 15.6. The second-order valence-corrected chi connectivity index (χ2v) is 9.18. The Morgan fingerprint density at radius 3 is 2.56 bits per heavy atom. The van der Waals surface area contributed by atoms with Crippen LogP contribution in [0.5, 0.6) is 0 Å². The number of rotatable bonds is 1. The van der Waals surface area contributed by atoms with Gasteiger partial charge >= 0.3 is 5.97 Å². The minimum atomic E-state index is -0.230. The molecule has 4 aliphatic carbocycles. The zero-order chi connectivity index (χ0) is 18.0. The molecular formula is C21H29NO3. The molecule has 0 saturated heterocycles. The van der Waals surface area contributed by atoms with E-state index >= 15 is 0 Å². The molecule has 136 valence electrons. The van der Waals surface area contributed by atoms with Gasteiger partial charge in [-0.3, -0.25) is 9.59 Å². The topological polar surface area (TPSA) is 67.2 Å². The number of allylic oxidation sites excluding steroid dienone is 1. The molecular weight excluding hydrogens is 314 g/mol. The van der Waals surface area contributed by atoms with Crippen molar-refractivity contribution in [3.63, 3.8) is 0 Å². The van der Waals surface area contributed by atoms with Crippen molar-refractivity contribution in [3.8, 4) is 0 Å². The monoisotopic (exact) mass is 343 g/mol. The van der Waals surface area contributed by atoms with Gasteiger partial charge in [-0.2, -0.15) is 0 Å². The van der Waals surface area contributed by atoms with Crippen molar-refractivity contribution in [2.24, 2.45) is 28.6 Å². The molecule has 0 aromatic heterocycles. The first-order valence-corrected chi connectivity index (χ1v) is 9.76. The number of carbonyl (C=O) groups excluding carboxylic acids is 2. The molecule has 0 amide bonds. The van der Waals surface area contributed by atoms with Crippen LogP contribution in [-0.2, 0) is 14.3 Å². The van der Waals surface area contributed by atoms with E-state index in [0.29, 0.717) is 18.3 Å². The van der Waals surface area contributed by atoms with Gasteiger partial charge in [0.1, 0.15) is 6.10 Å². The largest absolute Gasteiger partial charge is 0.462 e. The molecule has 3 unspecified atom stereocenters. The highest BCUT2D eigenvalue weighted by Crippen LogP contribution is 2.63. The first kappa shape index (κ1) is 17.0. The molecule has 0 spiro atoms. The van der Waals surface area contributed by atoms with Crippen LogP contribution >= 0.6 is 0 Å². The van der Waals surface area contributed by atoms with Crippen LogP contribution in [0.4, 0.5) is 0 Å². The van der Waals surface area contributed by atoms with Gasteiger partial charge in [-0.1, -0.05) is 19.4 Å². The highest BCUT2D eigenvalue weighted by molar-refractivity contribution is 5.97. The average Bonchev–Trinajstić information content (AvgIpc) is 2.84. The Labute approximate surface area is 149 Å². The Kier molecular flexibility index (Phi) is 3.75. The van der Waals surface area contributed by atoms with Crippen LogP contribution < -0.4 is 0 Å². The Balaban J connectivity index is 1.67. The smallest absolute Gasteiger partial charge is 0.302 e. The van der Waals surface area contributed by atoms with E-state index < -0.39 is 0 Å². The van der Waals surface area contributed by atoms with Crippen molar-refractivity contribution < 1.29 is 14.3 Å². The maximum absolute atomic E-state index is 13.1. The third kappa shape index (κ3) is 2.36. The summed E-state index contributed by atoms with van der Waals surface area (Å²) < 4.78 is 5.44. The highest BCUT2D eigenvalue weighted by atomic mass is 16.5. The van der Waals surface area contributed by atoms with Gasteiger partial charge in [-0.15, -0.1) is 0 Å². The van der Waals surface area contributed by atoms with Crippen LogP contribution in [0.25, 0.3) is 0 Å². The normalized spacial score (nSPS) is 46.0. The summed E-state index contributed by atoms with van der Waals surface area (Å²) in [7, 11) is 0. The molecule has 4 nitrogen and oxygen atoms in total. The Hall–Kier alpha value is -1.45. The fraction of sp³-hybridized carbons (Fsp3) is 0.762. The van der Waals surface area contributed by atoms with Crippen molar-refractivity contribution >= 4 is 17.5 Å². The van der Waals surface area contributed by atoms with E-state index in [2.05, 4.69) is 13.8 Å². The number of carbonyl (C=O) groups is 2. The lowest BCUT2D eigenvalue weighted by Crippen LogP contribution is -2.53. The van der Waals surface area contributed by atoms with Crippen molar-refractivity contribution in [1.82, 2.24) is 0 Å². The van der Waals surface area contributed by atoms with E-state index in [9.17, 15) is 9.59 Å². The Bertz CT molecular complexity index is 681.